The number of nitrogens with one attached hydrogen (secondary N) is 1. The Morgan fingerprint density at radius 1 is 1.43 bits per heavy atom. The van der Waals surface area contributed by atoms with Crippen LogP contribution < -0.4 is 10.2 Å². The van der Waals surface area contributed by atoms with Crippen LogP contribution in [-0.2, 0) is 0 Å². The molecule has 0 saturated heterocycles. The van der Waals surface area contributed by atoms with Gasteiger partial charge in [-0.2, -0.15) is 0 Å². The van der Waals surface area contributed by atoms with Crippen LogP contribution in [0.5, 0.6) is 0 Å². The van der Waals surface area contributed by atoms with Crippen molar-refractivity contribution >= 4 is 5.69 Å². The first-order valence-corrected chi connectivity index (χ1v) is 4.75. The van der Waals surface area contributed by atoms with Crippen LogP contribution in [0.3, 0.4) is 0 Å². The van der Waals surface area contributed by atoms with Gasteiger partial charge in [-0.05, 0) is 24.7 Å². The second kappa shape index (κ2) is 4.98. The van der Waals surface area contributed by atoms with Crippen molar-refractivity contribution in [3.8, 4) is 0 Å². The minimum Gasteiger partial charge on any atom is -0.387 e. The van der Waals surface area contributed by atoms with E-state index in [-0.39, 0.29) is 0 Å². The minimum absolute atomic E-state index is 0.431. The lowest BCUT2D eigenvalue weighted by molar-refractivity contribution is 0.178. The molecule has 0 spiro atoms. The highest BCUT2D eigenvalue weighted by molar-refractivity contribution is 5.47. The largest absolute Gasteiger partial charge is 0.387 e. The first-order chi connectivity index (χ1) is 6.65. The van der Waals surface area contributed by atoms with Crippen molar-refractivity contribution in [3.63, 3.8) is 0 Å². The SMILES string of the molecule is CNCC(O)c1cccc(N(C)C)c1. The van der Waals surface area contributed by atoms with E-state index in [1.807, 2.05) is 50.3 Å². The van der Waals surface area contributed by atoms with E-state index >= 15 is 0 Å². The van der Waals surface area contributed by atoms with Gasteiger partial charge < -0.3 is 15.3 Å². The maximum absolute atomic E-state index is 9.75. The fourth-order valence-electron chi connectivity index (χ4n) is 1.32. The molecule has 0 amide bonds. The molecule has 3 nitrogen and oxygen atoms in total. The van der Waals surface area contributed by atoms with E-state index in [4.69, 9.17) is 0 Å². The second-order valence-corrected chi connectivity index (χ2v) is 3.56. The van der Waals surface area contributed by atoms with E-state index < -0.39 is 6.10 Å². The third kappa shape index (κ3) is 2.72. The van der Waals surface area contributed by atoms with Gasteiger partial charge in [0.05, 0.1) is 6.10 Å². The summed E-state index contributed by atoms with van der Waals surface area (Å²) in [6.07, 6.45) is -0.431. The highest BCUT2D eigenvalue weighted by Crippen LogP contribution is 2.18. The third-order valence-electron chi connectivity index (χ3n) is 2.17. The van der Waals surface area contributed by atoms with E-state index in [0.717, 1.165) is 11.3 Å². The molecule has 0 bridgehead atoms. The number of nitrogens with zero attached hydrogens (tertiary/aromatic N) is 1. The zero-order valence-corrected chi connectivity index (χ0v) is 8.99. The number of hydrogen-bond donors (Lipinski definition) is 2. The van der Waals surface area contributed by atoms with Gasteiger partial charge in [-0.3, -0.25) is 0 Å². The Balaban J connectivity index is 2.82. The summed E-state index contributed by atoms with van der Waals surface area (Å²) in [5.74, 6) is 0. The summed E-state index contributed by atoms with van der Waals surface area (Å²) in [5.41, 5.74) is 2.06. The highest BCUT2D eigenvalue weighted by atomic mass is 16.3. The first-order valence-electron chi connectivity index (χ1n) is 4.75. The van der Waals surface area contributed by atoms with Crippen molar-refractivity contribution in [3.05, 3.63) is 29.8 Å². The average Bonchev–Trinajstić information content (AvgIpc) is 2.18. The number of rotatable bonds is 4. The monoisotopic (exact) mass is 194 g/mol. The van der Waals surface area contributed by atoms with Crippen LogP contribution in [0, 0.1) is 0 Å². The Morgan fingerprint density at radius 3 is 2.71 bits per heavy atom. The molecule has 14 heavy (non-hydrogen) atoms. The van der Waals surface area contributed by atoms with E-state index in [9.17, 15) is 5.11 Å². The molecule has 0 aliphatic carbocycles. The molecule has 0 aliphatic heterocycles. The Bertz CT molecular complexity index is 286. The number of hydrogen-bond acceptors (Lipinski definition) is 3. The number of benzene rings is 1. The van der Waals surface area contributed by atoms with Crippen molar-refractivity contribution < 1.29 is 5.11 Å². The van der Waals surface area contributed by atoms with Gasteiger partial charge in [0.1, 0.15) is 0 Å². The molecule has 0 aliphatic rings. The number of likely N-dealkylation sites (N-methyl/N-ethyl adjacent to an activating group) is 1. The number of anilines is 1. The fourth-order valence-corrected chi connectivity index (χ4v) is 1.32. The van der Waals surface area contributed by atoms with Gasteiger partial charge in [0.15, 0.2) is 0 Å². The maximum Gasteiger partial charge on any atom is 0.0915 e. The van der Waals surface area contributed by atoms with Crippen LogP contribution in [0.1, 0.15) is 11.7 Å². The van der Waals surface area contributed by atoms with Crippen molar-refractivity contribution in [2.24, 2.45) is 0 Å². The van der Waals surface area contributed by atoms with Crippen LogP contribution in [0.4, 0.5) is 5.69 Å². The standard InChI is InChI=1S/C11H18N2O/c1-12-8-11(14)9-5-4-6-10(7-9)13(2)3/h4-7,11-12,14H,8H2,1-3H3. The normalized spacial score (nSPS) is 12.6. The molecule has 3 heteroatoms. The lowest BCUT2D eigenvalue weighted by Crippen LogP contribution is -2.17. The number of aliphatic hydroxyl groups is 1. The first kappa shape index (κ1) is 11.0. The van der Waals surface area contributed by atoms with E-state index in [0.29, 0.717) is 6.54 Å². The van der Waals surface area contributed by atoms with Crippen LogP contribution in [-0.4, -0.2) is 32.8 Å². The Morgan fingerprint density at radius 2 is 2.14 bits per heavy atom. The fraction of sp³-hybridized carbons (Fsp3) is 0.455. The van der Waals surface area contributed by atoms with Gasteiger partial charge >= 0.3 is 0 Å². The Kier molecular flexibility index (Phi) is 3.92. The zero-order chi connectivity index (χ0) is 10.6. The molecule has 1 aromatic rings. The molecule has 0 saturated carbocycles. The molecule has 2 N–H and O–H groups in total. The predicted molar refractivity (Wildman–Crippen MR) is 59.7 cm³/mol. The van der Waals surface area contributed by atoms with Crippen molar-refractivity contribution in [2.75, 3.05) is 32.6 Å². The van der Waals surface area contributed by atoms with Gasteiger partial charge in [0.2, 0.25) is 0 Å². The number of aliphatic hydroxyl groups excluding tert-OH is 1. The van der Waals surface area contributed by atoms with Gasteiger partial charge in [0.25, 0.3) is 0 Å². The van der Waals surface area contributed by atoms with Crippen molar-refractivity contribution in [1.82, 2.24) is 5.32 Å². The topological polar surface area (TPSA) is 35.5 Å². The lowest BCUT2D eigenvalue weighted by atomic mass is 10.1. The average molecular weight is 194 g/mol. The molecule has 1 atom stereocenters. The van der Waals surface area contributed by atoms with Gasteiger partial charge in [0, 0.05) is 26.3 Å². The van der Waals surface area contributed by atoms with E-state index in [1.165, 1.54) is 0 Å². The summed E-state index contributed by atoms with van der Waals surface area (Å²) in [7, 11) is 5.81. The summed E-state index contributed by atoms with van der Waals surface area (Å²) in [6, 6.07) is 7.93. The molecule has 1 rings (SSSR count). The predicted octanol–water partition coefficient (Wildman–Crippen LogP) is 1.01. The van der Waals surface area contributed by atoms with Crippen molar-refractivity contribution in [1.29, 1.82) is 0 Å². The van der Waals surface area contributed by atoms with Crippen LogP contribution in [0.2, 0.25) is 0 Å². The minimum atomic E-state index is -0.431. The molecule has 0 radical (unpaired) electrons. The van der Waals surface area contributed by atoms with E-state index in [1.54, 1.807) is 0 Å². The molecule has 1 aromatic carbocycles. The second-order valence-electron chi connectivity index (χ2n) is 3.56. The molecule has 0 heterocycles. The molecular formula is C11H18N2O. The maximum atomic E-state index is 9.75. The third-order valence-corrected chi connectivity index (χ3v) is 2.17. The van der Waals surface area contributed by atoms with Crippen LogP contribution >= 0.6 is 0 Å². The summed E-state index contributed by atoms with van der Waals surface area (Å²) >= 11 is 0. The van der Waals surface area contributed by atoms with E-state index in [2.05, 4.69) is 5.32 Å². The summed E-state index contributed by atoms with van der Waals surface area (Å²) in [6.45, 7) is 0.580. The Hall–Kier alpha value is -1.06. The van der Waals surface area contributed by atoms with Crippen LogP contribution in [0.25, 0.3) is 0 Å². The van der Waals surface area contributed by atoms with Crippen molar-refractivity contribution in [2.45, 2.75) is 6.10 Å². The molecular weight excluding hydrogens is 176 g/mol. The lowest BCUT2D eigenvalue weighted by Gasteiger charge is -2.16. The molecule has 0 aromatic heterocycles. The summed E-state index contributed by atoms with van der Waals surface area (Å²) < 4.78 is 0. The van der Waals surface area contributed by atoms with Gasteiger partial charge in [-0.25, -0.2) is 0 Å². The molecule has 78 valence electrons. The molecule has 0 fully saturated rings. The highest BCUT2D eigenvalue weighted by Gasteiger charge is 2.06. The molecule has 1 unspecified atom stereocenters. The van der Waals surface area contributed by atoms with Crippen LogP contribution in [0.15, 0.2) is 24.3 Å². The quantitative estimate of drug-likeness (QED) is 0.750. The zero-order valence-electron chi connectivity index (χ0n) is 8.99. The smallest absolute Gasteiger partial charge is 0.0915 e. The van der Waals surface area contributed by atoms with Gasteiger partial charge in [-0.1, -0.05) is 12.1 Å². The van der Waals surface area contributed by atoms with Gasteiger partial charge in [-0.15, -0.1) is 0 Å². The Labute approximate surface area is 85.4 Å². The summed E-state index contributed by atoms with van der Waals surface area (Å²) in [5, 5.41) is 12.7. The summed E-state index contributed by atoms with van der Waals surface area (Å²) in [4.78, 5) is 2.02.